The summed E-state index contributed by atoms with van der Waals surface area (Å²) in [5.41, 5.74) is 0. The summed E-state index contributed by atoms with van der Waals surface area (Å²) in [5, 5.41) is 0.679. The summed E-state index contributed by atoms with van der Waals surface area (Å²) in [5.74, 6) is 1.52. The number of rotatable bonds is 3. The number of halogens is 2. The Morgan fingerprint density at radius 3 is 2.42 bits per heavy atom. The molecule has 0 atom stereocenters. The van der Waals surface area contributed by atoms with E-state index < -0.39 is 0 Å². The highest BCUT2D eigenvalue weighted by atomic mass is 35.5. The Labute approximate surface area is 81.6 Å². The van der Waals surface area contributed by atoms with Crippen molar-refractivity contribution in [3.63, 3.8) is 0 Å². The zero-order valence-corrected chi connectivity index (χ0v) is 7.90. The fourth-order valence-electron chi connectivity index (χ4n) is 0.697. The van der Waals surface area contributed by atoms with Crippen LogP contribution in [-0.2, 0) is 0 Å². The van der Waals surface area contributed by atoms with Gasteiger partial charge in [-0.1, -0.05) is 18.2 Å². The number of hydrogen-bond donors (Lipinski definition) is 0. The van der Waals surface area contributed by atoms with Crippen LogP contribution in [0.25, 0.3) is 0 Å². The molecule has 0 aliphatic carbocycles. The van der Waals surface area contributed by atoms with Crippen LogP contribution in [0.3, 0.4) is 0 Å². The normalized spacial score (nSPS) is 9.50. The molecule has 0 radical (unpaired) electrons. The molecule has 1 nitrogen and oxygen atoms in total. The molecule has 0 saturated heterocycles. The van der Waals surface area contributed by atoms with Gasteiger partial charge in [0.15, 0.2) is 0 Å². The van der Waals surface area contributed by atoms with Crippen molar-refractivity contribution in [2.24, 2.45) is 0 Å². The van der Waals surface area contributed by atoms with Gasteiger partial charge in [0.25, 0.3) is 0 Å². The topological polar surface area (TPSA) is 9.23 Å². The number of benzene rings is 1. The third-order valence-electron chi connectivity index (χ3n) is 1.22. The van der Waals surface area contributed by atoms with E-state index in [1.165, 1.54) is 0 Å². The molecular weight excluding hydrogens is 195 g/mol. The molecule has 1 aromatic rings. The lowest BCUT2D eigenvalue weighted by molar-refractivity contribution is 0.432. The second-order valence-corrected chi connectivity index (χ2v) is 2.93. The number of allylic oxidation sites excluding steroid dienone is 1. The van der Waals surface area contributed by atoms with Crippen molar-refractivity contribution in [2.75, 3.05) is 5.88 Å². The first kappa shape index (κ1) is 9.43. The minimum atomic E-state index is 0.294. The standard InChI is InChI=1S/C9H8Cl2O/c1-7(6-10)12-9-4-2-8(11)3-5-9/h2-5H,1,6H2. The van der Waals surface area contributed by atoms with E-state index in [1.54, 1.807) is 24.3 Å². The molecule has 0 aliphatic heterocycles. The molecule has 0 spiro atoms. The zero-order chi connectivity index (χ0) is 8.97. The molecule has 1 aromatic carbocycles. The molecule has 0 aliphatic rings. The van der Waals surface area contributed by atoms with E-state index in [2.05, 4.69) is 6.58 Å². The predicted molar refractivity (Wildman–Crippen MR) is 51.9 cm³/mol. The summed E-state index contributed by atoms with van der Waals surface area (Å²) in [6, 6.07) is 7.02. The van der Waals surface area contributed by atoms with Gasteiger partial charge < -0.3 is 4.74 Å². The van der Waals surface area contributed by atoms with Gasteiger partial charge >= 0.3 is 0 Å². The summed E-state index contributed by atoms with van der Waals surface area (Å²) < 4.78 is 5.23. The number of hydrogen-bond acceptors (Lipinski definition) is 1. The second kappa shape index (κ2) is 4.39. The quantitative estimate of drug-likeness (QED) is 0.539. The van der Waals surface area contributed by atoms with Crippen LogP contribution in [-0.4, -0.2) is 5.88 Å². The Bertz CT molecular complexity index is 266. The van der Waals surface area contributed by atoms with Crippen molar-refractivity contribution >= 4 is 23.2 Å². The summed E-state index contributed by atoms with van der Waals surface area (Å²) in [4.78, 5) is 0. The first-order valence-corrected chi connectivity index (χ1v) is 4.31. The van der Waals surface area contributed by atoms with E-state index in [9.17, 15) is 0 Å². The summed E-state index contributed by atoms with van der Waals surface area (Å²) in [7, 11) is 0. The minimum absolute atomic E-state index is 0.294. The van der Waals surface area contributed by atoms with E-state index in [0.29, 0.717) is 22.4 Å². The highest BCUT2D eigenvalue weighted by molar-refractivity contribution is 6.30. The van der Waals surface area contributed by atoms with Crippen molar-refractivity contribution in [3.05, 3.63) is 41.6 Å². The van der Waals surface area contributed by atoms with E-state index >= 15 is 0 Å². The highest BCUT2D eigenvalue weighted by Crippen LogP contribution is 2.17. The van der Waals surface area contributed by atoms with Crippen LogP contribution in [0.2, 0.25) is 5.02 Å². The third kappa shape index (κ3) is 2.76. The van der Waals surface area contributed by atoms with Gasteiger partial charge in [0.2, 0.25) is 0 Å². The number of ether oxygens (including phenoxy) is 1. The molecule has 0 unspecified atom stereocenters. The first-order valence-electron chi connectivity index (χ1n) is 3.39. The van der Waals surface area contributed by atoms with Crippen molar-refractivity contribution < 1.29 is 4.74 Å². The largest absolute Gasteiger partial charge is 0.461 e. The van der Waals surface area contributed by atoms with E-state index in [1.807, 2.05) is 0 Å². The molecule has 12 heavy (non-hydrogen) atoms. The highest BCUT2D eigenvalue weighted by Gasteiger charge is 1.95. The van der Waals surface area contributed by atoms with Crippen molar-refractivity contribution in [1.29, 1.82) is 0 Å². The third-order valence-corrected chi connectivity index (χ3v) is 1.77. The van der Waals surface area contributed by atoms with Crippen LogP contribution in [0, 0.1) is 0 Å². The summed E-state index contributed by atoms with van der Waals surface area (Å²) in [6.45, 7) is 3.60. The lowest BCUT2D eigenvalue weighted by atomic mass is 10.3. The van der Waals surface area contributed by atoms with E-state index in [4.69, 9.17) is 27.9 Å². The minimum Gasteiger partial charge on any atom is -0.461 e. The number of alkyl halides is 1. The van der Waals surface area contributed by atoms with Crippen LogP contribution in [0.15, 0.2) is 36.6 Å². The lowest BCUT2D eigenvalue weighted by Gasteiger charge is -2.04. The first-order chi connectivity index (χ1) is 5.72. The van der Waals surface area contributed by atoms with Gasteiger partial charge in [-0.25, -0.2) is 0 Å². The molecule has 64 valence electrons. The van der Waals surface area contributed by atoms with Crippen LogP contribution in [0.5, 0.6) is 5.75 Å². The average molecular weight is 203 g/mol. The van der Waals surface area contributed by atoms with Crippen molar-refractivity contribution in [2.45, 2.75) is 0 Å². The Morgan fingerprint density at radius 1 is 1.33 bits per heavy atom. The molecular formula is C9H8Cl2O. The van der Waals surface area contributed by atoms with Gasteiger partial charge in [-0.2, -0.15) is 0 Å². The van der Waals surface area contributed by atoms with Gasteiger partial charge in [0, 0.05) is 5.02 Å². The van der Waals surface area contributed by atoms with Crippen molar-refractivity contribution in [1.82, 2.24) is 0 Å². The molecule has 0 saturated carbocycles. The molecule has 0 bridgehead atoms. The molecule has 0 N–H and O–H groups in total. The Balaban J connectivity index is 2.64. The van der Waals surface area contributed by atoms with E-state index in [-0.39, 0.29) is 0 Å². The lowest BCUT2D eigenvalue weighted by Crippen LogP contribution is -1.93. The average Bonchev–Trinajstić information content (AvgIpc) is 2.09. The maximum Gasteiger partial charge on any atom is 0.127 e. The van der Waals surface area contributed by atoms with Gasteiger partial charge in [0.1, 0.15) is 11.5 Å². The maximum atomic E-state index is 5.68. The van der Waals surface area contributed by atoms with Crippen LogP contribution >= 0.6 is 23.2 Å². The van der Waals surface area contributed by atoms with Gasteiger partial charge in [-0.3, -0.25) is 0 Å². The fraction of sp³-hybridized carbons (Fsp3) is 0.111. The molecule has 0 heterocycles. The van der Waals surface area contributed by atoms with Gasteiger partial charge in [-0.15, -0.1) is 11.6 Å². The molecule has 0 amide bonds. The van der Waals surface area contributed by atoms with E-state index in [0.717, 1.165) is 0 Å². The molecule has 1 rings (SSSR count). The predicted octanol–water partition coefficient (Wildman–Crippen LogP) is 3.47. The Morgan fingerprint density at radius 2 is 1.92 bits per heavy atom. The van der Waals surface area contributed by atoms with Crippen molar-refractivity contribution in [3.8, 4) is 5.75 Å². The van der Waals surface area contributed by atoms with Crippen LogP contribution in [0.4, 0.5) is 0 Å². The Kier molecular flexibility index (Phi) is 3.45. The monoisotopic (exact) mass is 202 g/mol. The van der Waals surface area contributed by atoms with Crippen LogP contribution in [0.1, 0.15) is 0 Å². The molecule has 3 heteroatoms. The van der Waals surface area contributed by atoms with Gasteiger partial charge in [-0.05, 0) is 24.3 Å². The smallest absolute Gasteiger partial charge is 0.127 e. The fourth-order valence-corrected chi connectivity index (χ4v) is 0.877. The second-order valence-electron chi connectivity index (χ2n) is 2.23. The zero-order valence-electron chi connectivity index (χ0n) is 6.39. The summed E-state index contributed by atoms with van der Waals surface area (Å²) >= 11 is 11.2. The molecule has 0 fully saturated rings. The maximum absolute atomic E-state index is 5.68. The Hall–Kier alpha value is -0.660. The van der Waals surface area contributed by atoms with Crippen LogP contribution < -0.4 is 4.74 Å². The summed E-state index contributed by atoms with van der Waals surface area (Å²) in [6.07, 6.45) is 0. The SMILES string of the molecule is C=C(CCl)Oc1ccc(Cl)cc1. The molecule has 0 aromatic heterocycles. The van der Waals surface area contributed by atoms with Gasteiger partial charge in [0.05, 0.1) is 5.88 Å².